The molecule has 0 N–H and O–H groups in total. The van der Waals surface area contributed by atoms with Crippen LogP contribution in [-0.2, 0) is 0 Å². The Kier molecular flexibility index (Phi) is 19.5. The Bertz CT molecular complexity index is 4810. The molecule has 0 saturated heterocycles. The van der Waals surface area contributed by atoms with Crippen molar-refractivity contribution in [3.63, 3.8) is 0 Å². The summed E-state index contributed by atoms with van der Waals surface area (Å²) in [5.41, 5.74) is 20.7. The van der Waals surface area contributed by atoms with Gasteiger partial charge in [-0.05, 0) is 162 Å². The number of nitrogens with zero attached hydrogens (tertiary/aromatic N) is 10. The predicted molar refractivity (Wildman–Crippen MR) is 454 cm³/mol. The van der Waals surface area contributed by atoms with Crippen molar-refractivity contribution in [2.45, 2.75) is 58.9 Å². The second-order valence-corrected chi connectivity index (χ2v) is 45.1. The number of rotatable bonds is 21. The summed E-state index contributed by atoms with van der Waals surface area (Å²) in [4.78, 5) is 41.5. The highest BCUT2D eigenvalue weighted by Gasteiger charge is 2.31. The molecule has 3 aromatic heterocycles. The van der Waals surface area contributed by atoms with Gasteiger partial charge < -0.3 is 19.6 Å². The maximum absolute atomic E-state index is 5.38. The Morgan fingerprint density at radius 3 is 0.566 bits per heavy atom. The fourth-order valence-corrected chi connectivity index (χ4v) is 17.1. The Labute approximate surface area is 626 Å². The number of hydrogen-bond acceptors (Lipinski definition) is 10. The molecule has 0 aliphatic rings. The van der Waals surface area contributed by atoms with Crippen LogP contribution in [0.1, 0.15) is 0 Å². The molecule has 13 heteroatoms. The highest BCUT2D eigenvalue weighted by molar-refractivity contribution is 6.89. The molecule has 0 amide bonds. The van der Waals surface area contributed by atoms with E-state index in [2.05, 4.69) is 388 Å². The van der Waals surface area contributed by atoms with Crippen molar-refractivity contribution in [3.05, 3.63) is 347 Å². The molecular formula is C93H84N10Si3. The van der Waals surface area contributed by atoms with Gasteiger partial charge in [-0.15, -0.1) is 0 Å². The van der Waals surface area contributed by atoms with Crippen LogP contribution in [0.15, 0.2) is 347 Å². The molecule has 12 aromatic carbocycles. The first-order chi connectivity index (χ1) is 51.5. The molecule has 518 valence electrons. The zero-order valence-electron chi connectivity index (χ0n) is 61.4. The van der Waals surface area contributed by atoms with Crippen LogP contribution in [0.25, 0.3) is 67.5 Å². The van der Waals surface area contributed by atoms with Crippen LogP contribution in [0.4, 0.5) is 68.2 Å². The van der Waals surface area contributed by atoms with Gasteiger partial charge in [0.05, 0.1) is 41.3 Å². The largest absolute Gasteiger partial charge is 0.311 e. The molecule has 0 radical (unpaired) electrons. The van der Waals surface area contributed by atoms with Crippen molar-refractivity contribution >= 4 is 108 Å². The third kappa shape index (κ3) is 15.0. The molecule has 0 fully saturated rings. The number of anilines is 12. The van der Waals surface area contributed by atoms with E-state index in [0.717, 1.165) is 118 Å². The Morgan fingerprint density at radius 2 is 0.377 bits per heavy atom. The molecule has 15 aromatic rings. The van der Waals surface area contributed by atoms with Crippen LogP contribution in [0, 0.1) is 0 Å². The van der Waals surface area contributed by atoms with Gasteiger partial charge in [-0.3, -0.25) is 0 Å². The number of para-hydroxylation sites is 6. The summed E-state index contributed by atoms with van der Waals surface area (Å²) in [6.45, 7) is 21.6. The second kappa shape index (κ2) is 29.8. The van der Waals surface area contributed by atoms with Crippen LogP contribution >= 0.6 is 0 Å². The van der Waals surface area contributed by atoms with Crippen molar-refractivity contribution < 1.29 is 0 Å². The molecule has 3 heterocycles. The van der Waals surface area contributed by atoms with Crippen molar-refractivity contribution in [2.24, 2.45) is 0 Å². The quantitative estimate of drug-likeness (QED) is 0.0648. The zero-order valence-corrected chi connectivity index (χ0v) is 64.4. The lowest BCUT2D eigenvalue weighted by atomic mass is 10.0. The fourth-order valence-electron chi connectivity index (χ4n) is 13.6. The van der Waals surface area contributed by atoms with Gasteiger partial charge in [-0.1, -0.05) is 238 Å². The first kappa shape index (κ1) is 69.4. The monoisotopic (exact) mass is 1420 g/mol. The molecule has 0 aliphatic heterocycles. The van der Waals surface area contributed by atoms with Gasteiger partial charge in [0, 0.05) is 122 Å². The minimum atomic E-state index is -1.99. The van der Waals surface area contributed by atoms with Crippen molar-refractivity contribution in [2.75, 3.05) is 19.6 Å². The minimum absolute atomic E-state index is 0.602. The SMILES string of the molecule is C[Si](C)(C)c1ccc(N(c2ccc([Si](C)(C)C)cc2-c2ncc(-c3ccc(N(c4ccccc4)c4ccccc4)cc3)cn2)c2ccc([Si](C)(C)C)cc2-c2ncc(-c3ccc(N(c4ccccc4)c4ccccc4)cc3)cn2)c(-c2ncc(-c3ccc(N(c4ccccc4)c4ccccc4)cc3)cn2)c1. The molecule has 106 heavy (non-hydrogen) atoms. The Hall–Kier alpha value is -12.3. The van der Waals surface area contributed by atoms with E-state index >= 15 is 0 Å². The van der Waals surface area contributed by atoms with E-state index in [0.29, 0.717) is 17.5 Å². The molecular weight excluding hydrogens is 1340 g/mol. The summed E-state index contributed by atoms with van der Waals surface area (Å²) >= 11 is 0. The smallest absolute Gasteiger partial charge is 0.161 e. The van der Waals surface area contributed by atoms with E-state index < -0.39 is 24.2 Å². The Balaban J connectivity index is 0.869. The third-order valence-electron chi connectivity index (χ3n) is 19.5. The Morgan fingerprint density at radius 1 is 0.189 bits per heavy atom. The van der Waals surface area contributed by atoms with Gasteiger partial charge in [-0.2, -0.15) is 0 Å². The van der Waals surface area contributed by atoms with Crippen LogP contribution in [0.5, 0.6) is 0 Å². The fraction of sp³-hybridized carbons (Fsp3) is 0.0968. The number of aromatic nitrogens is 6. The first-order valence-electron chi connectivity index (χ1n) is 36.2. The lowest BCUT2D eigenvalue weighted by molar-refractivity contribution is 1.15. The van der Waals surface area contributed by atoms with E-state index in [-0.39, 0.29) is 0 Å². The molecule has 0 spiro atoms. The normalized spacial score (nSPS) is 11.6. The molecule has 15 rings (SSSR count). The van der Waals surface area contributed by atoms with E-state index in [9.17, 15) is 0 Å². The molecule has 0 saturated carbocycles. The van der Waals surface area contributed by atoms with Crippen molar-refractivity contribution in [1.82, 2.24) is 29.9 Å². The summed E-state index contributed by atoms with van der Waals surface area (Å²) < 4.78 is 0. The van der Waals surface area contributed by atoms with Crippen LogP contribution in [0.2, 0.25) is 58.9 Å². The van der Waals surface area contributed by atoms with Crippen molar-refractivity contribution in [3.8, 4) is 67.5 Å². The van der Waals surface area contributed by atoms with Crippen LogP contribution in [-0.4, -0.2) is 54.1 Å². The van der Waals surface area contributed by atoms with Crippen LogP contribution < -0.4 is 35.2 Å². The highest BCUT2D eigenvalue weighted by atomic mass is 28.3. The summed E-state index contributed by atoms with van der Waals surface area (Å²) in [7, 11) is -5.96. The lowest BCUT2D eigenvalue weighted by Gasteiger charge is -2.33. The summed E-state index contributed by atoms with van der Waals surface area (Å²) in [5.74, 6) is 1.81. The second-order valence-electron chi connectivity index (χ2n) is 29.8. The summed E-state index contributed by atoms with van der Waals surface area (Å²) in [5, 5.41) is 3.83. The maximum atomic E-state index is 5.38. The molecule has 0 unspecified atom stereocenters. The van der Waals surface area contributed by atoms with Gasteiger partial charge in [-0.25, -0.2) is 29.9 Å². The number of benzene rings is 12. The average Bonchev–Trinajstić information content (AvgIpc) is 0.743. The minimum Gasteiger partial charge on any atom is -0.311 e. The van der Waals surface area contributed by atoms with E-state index in [1.54, 1.807) is 0 Å². The average molecular weight is 1430 g/mol. The maximum Gasteiger partial charge on any atom is 0.161 e. The van der Waals surface area contributed by atoms with Crippen molar-refractivity contribution in [1.29, 1.82) is 0 Å². The molecule has 0 bridgehead atoms. The molecule has 0 aliphatic carbocycles. The number of hydrogen-bond donors (Lipinski definition) is 0. The highest BCUT2D eigenvalue weighted by Crippen LogP contribution is 2.48. The standard InChI is InChI=1S/C93H84N10Si3/c1-104(2,3)82-52-55-88(85(58-82)91-94-61-70(62-95-91)67-40-46-79(47-41-67)100(73-28-16-10-17-29-73)74-30-18-11-19-31-74)103(89-56-53-83(105(4,5)6)59-86(89)92-96-63-71(64-97-92)68-42-48-80(49-43-68)101(75-32-20-12-21-33-75)76-34-22-13-23-35-76)90-57-54-84(106(7,8)9)60-87(90)93-98-65-72(66-99-93)69-44-50-81(51-45-69)102(77-36-24-14-25-37-77)78-38-26-15-27-39-78/h10-66H,1-9H3. The van der Waals surface area contributed by atoms with Gasteiger partial charge in [0.2, 0.25) is 0 Å². The van der Waals surface area contributed by atoms with Gasteiger partial charge >= 0.3 is 0 Å². The lowest BCUT2D eigenvalue weighted by Crippen LogP contribution is -2.38. The van der Waals surface area contributed by atoms with Gasteiger partial charge in [0.15, 0.2) is 17.5 Å². The van der Waals surface area contributed by atoms with Crippen LogP contribution in [0.3, 0.4) is 0 Å². The van der Waals surface area contributed by atoms with Gasteiger partial charge in [0.1, 0.15) is 0 Å². The topological polar surface area (TPSA) is 90.3 Å². The summed E-state index contributed by atoms with van der Waals surface area (Å²) in [6.07, 6.45) is 11.8. The third-order valence-corrected chi connectivity index (χ3v) is 25.6. The summed E-state index contributed by atoms with van der Waals surface area (Å²) in [6, 6.07) is 110. The molecule has 0 atom stereocenters. The van der Waals surface area contributed by atoms with Gasteiger partial charge in [0.25, 0.3) is 0 Å². The predicted octanol–water partition coefficient (Wildman–Crippen LogP) is 23.6. The van der Waals surface area contributed by atoms with E-state index in [1.807, 2.05) is 37.2 Å². The first-order valence-corrected chi connectivity index (χ1v) is 46.7. The molecule has 10 nitrogen and oxygen atoms in total. The van der Waals surface area contributed by atoms with E-state index in [1.165, 1.54) is 15.6 Å². The van der Waals surface area contributed by atoms with E-state index in [4.69, 9.17) is 29.9 Å². The zero-order chi connectivity index (χ0) is 72.9.